The minimum absolute atomic E-state index is 0.0274. The highest BCUT2D eigenvalue weighted by Crippen LogP contribution is 2.18. The molecule has 2 N–H and O–H groups in total. The van der Waals surface area contributed by atoms with Crippen LogP contribution in [0.3, 0.4) is 0 Å². The number of aromatic nitrogens is 4. The van der Waals surface area contributed by atoms with Crippen molar-refractivity contribution in [2.75, 3.05) is 11.9 Å². The van der Waals surface area contributed by atoms with Gasteiger partial charge in [-0.3, -0.25) is 4.79 Å². The zero-order valence-corrected chi connectivity index (χ0v) is 13.7. The maximum Gasteiger partial charge on any atom is 0.239 e. The minimum Gasteiger partial charge on any atom is -0.374 e. The molecule has 9 heteroatoms. The highest BCUT2D eigenvalue weighted by Gasteiger charge is 2.09. The molecule has 0 unspecified atom stereocenters. The van der Waals surface area contributed by atoms with Gasteiger partial charge >= 0.3 is 0 Å². The fourth-order valence-electron chi connectivity index (χ4n) is 2.09. The van der Waals surface area contributed by atoms with E-state index in [0.29, 0.717) is 18.1 Å². The predicted octanol–water partition coefficient (Wildman–Crippen LogP) is 1.90. The van der Waals surface area contributed by atoms with Gasteiger partial charge in [-0.15, -0.1) is 16.4 Å². The summed E-state index contributed by atoms with van der Waals surface area (Å²) in [6.07, 6.45) is 0. The average molecular weight is 346 g/mol. The van der Waals surface area contributed by atoms with Gasteiger partial charge in [0.1, 0.15) is 5.82 Å². The summed E-state index contributed by atoms with van der Waals surface area (Å²) >= 11 is 1.57. The van der Waals surface area contributed by atoms with Crippen molar-refractivity contribution in [2.24, 2.45) is 0 Å². The molecule has 0 atom stereocenters. The number of carbonyl (C=O) groups excluding carboxylic acids is 1. The van der Waals surface area contributed by atoms with Crippen molar-refractivity contribution in [3.8, 4) is 5.69 Å². The molecule has 0 saturated carbocycles. The number of tetrazole rings is 1. The van der Waals surface area contributed by atoms with Crippen LogP contribution in [-0.4, -0.2) is 32.7 Å². The van der Waals surface area contributed by atoms with Gasteiger partial charge in [-0.2, -0.15) is 4.68 Å². The van der Waals surface area contributed by atoms with Gasteiger partial charge in [0.15, 0.2) is 5.82 Å². The lowest BCUT2D eigenvalue weighted by Crippen LogP contribution is -2.29. The smallest absolute Gasteiger partial charge is 0.239 e. The van der Waals surface area contributed by atoms with Crippen molar-refractivity contribution < 1.29 is 9.18 Å². The lowest BCUT2D eigenvalue weighted by Gasteiger charge is -2.10. The lowest BCUT2D eigenvalue weighted by atomic mass is 10.2. The van der Waals surface area contributed by atoms with Gasteiger partial charge < -0.3 is 10.6 Å². The van der Waals surface area contributed by atoms with Crippen LogP contribution in [-0.2, 0) is 11.3 Å². The van der Waals surface area contributed by atoms with Crippen molar-refractivity contribution in [3.63, 3.8) is 0 Å². The monoisotopic (exact) mass is 346 g/mol. The number of benzene rings is 1. The molecule has 24 heavy (non-hydrogen) atoms. The van der Waals surface area contributed by atoms with E-state index in [4.69, 9.17) is 0 Å². The maximum absolute atomic E-state index is 13.9. The Bertz CT molecular complexity index is 832. The number of hydrogen-bond acceptors (Lipinski definition) is 6. The van der Waals surface area contributed by atoms with E-state index in [-0.39, 0.29) is 18.1 Å². The molecular formula is C15H15FN6OS. The maximum atomic E-state index is 13.9. The van der Waals surface area contributed by atoms with Crippen LogP contribution in [0.2, 0.25) is 0 Å². The van der Waals surface area contributed by atoms with Crippen molar-refractivity contribution in [1.29, 1.82) is 0 Å². The summed E-state index contributed by atoms with van der Waals surface area (Å²) in [6.45, 7) is 2.18. The number of thiophene rings is 1. The van der Waals surface area contributed by atoms with E-state index in [0.717, 1.165) is 4.88 Å². The highest BCUT2D eigenvalue weighted by atomic mass is 32.1. The second-order valence-corrected chi connectivity index (χ2v) is 6.04. The molecule has 0 fully saturated rings. The number of rotatable bonds is 6. The first-order chi connectivity index (χ1) is 11.6. The fourth-order valence-corrected chi connectivity index (χ4v) is 2.73. The van der Waals surface area contributed by atoms with E-state index in [1.807, 2.05) is 17.5 Å². The van der Waals surface area contributed by atoms with Gasteiger partial charge in [-0.1, -0.05) is 6.07 Å². The van der Waals surface area contributed by atoms with Gasteiger partial charge in [-0.05, 0) is 47.0 Å². The summed E-state index contributed by atoms with van der Waals surface area (Å²) in [5, 5.41) is 18.7. The highest BCUT2D eigenvalue weighted by molar-refractivity contribution is 7.09. The first-order valence-electron chi connectivity index (χ1n) is 7.21. The van der Waals surface area contributed by atoms with E-state index in [1.54, 1.807) is 30.4 Å². The Morgan fingerprint density at radius 2 is 2.25 bits per heavy atom. The van der Waals surface area contributed by atoms with Crippen molar-refractivity contribution in [2.45, 2.75) is 13.5 Å². The molecule has 0 saturated heterocycles. The summed E-state index contributed by atoms with van der Waals surface area (Å²) in [5.74, 6) is -0.0800. The first-order valence-corrected chi connectivity index (χ1v) is 8.09. The van der Waals surface area contributed by atoms with Crippen LogP contribution in [0, 0.1) is 12.7 Å². The van der Waals surface area contributed by atoms with Crippen LogP contribution < -0.4 is 10.6 Å². The van der Waals surface area contributed by atoms with Crippen LogP contribution in [0.5, 0.6) is 0 Å². The summed E-state index contributed by atoms with van der Waals surface area (Å²) in [7, 11) is 0. The number of anilines is 1. The normalized spacial score (nSPS) is 10.6. The second kappa shape index (κ2) is 7.18. The second-order valence-electron chi connectivity index (χ2n) is 5.01. The summed E-state index contributed by atoms with van der Waals surface area (Å²) < 4.78 is 15.4. The summed E-state index contributed by atoms with van der Waals surface area (Å²) in [5.41, 5.74) is 0.828. The van der Waals surface area contributed by atoms with Gasteiger partial charge in [0, 0.05) is 4.88 Å². The van der Waals surface area contributed by atoms with Crippen LogP contribution in [0.4, 0.5) is 10.1 Å². The van der Waals surface area contributed by atoms with Crippen molar-refractivity contribution in [1.82, 2.24) is 25.5 Å². The molecule has 7 nitrogen and oxygen atoms in total. The number of amides is 1. The standard InChI is InChI=1S/C15H15FN6OS/c1-10-19-20-21-22(10)11-4-5-13(16)14(7-11)17-9-15(23)18-8-12-3-2-6-24-12/h2-7,17H,8-9H2,1H3,(H,18,23). The quantitative estimate of drug-likeness (QED) is 0.712. The molecule has 0 aliphatic heterocycles. The third-order valence-corrected chi connectivity index (χ3v) is 4.18. The van der Waals surface area contributed by atoms with Crippen molar-refractivity contribution >= 4 is 22.9 Å². The topological polar surface area (TPSA) is 84.7 Å². The van der Waals surface area contributed by atoms with Crippen LogP contribution in [0.1, 0.15) is 10.7 Å². The molecule has 1 aromatic carbocycles. The Labute approximate surface area is 141 Å². The van der Waals surface area contributed by atoms with Gasteiger partial charge in [-0.25, -0.2) is 4.39 Å². The Morgan fingerprint density at radius 3 is 2.96 bits per heavy atom. The molecule has 3 rings (SSSR count). The van der Waals surface area contributed by atoms with Crippen LogP contribution >= 0.6 is 11.3 Å². The van der Waals surface area contributed by atoms with E-state index in [1.165, 1.54) is 10.7 Å². The Balaban J connectivity index is 1.62. The third kappa shape index (κ3) is 3.74. The van der Waals surface area contributed by atoms with Crippen LogP contribution in [0.25, 0.3) is 5.69 Å². The molecule has 0 spiro atoms. The number of hydrogen-bond donors (Lipinski definition) is 2. The van der Waals surface area contributed by atoms with E-state index in [9.17, 15) is 9.18 Å². The average Bonchev–Trinajstić information content (AvgIpc) is 3.24. The van der Waals surface area contributed by atoms with E-state index < -0.39 is 5.82 Å². The van der Waals surface area contributed by atoms with E-state index >= 15 is 0 Å². The molecule has 3 aromatic rings. The van der Waals surface area contributed by atoms with E-state index in [2.05, 4.69) is 26.2 Å². The third-order valence-electron chi connectivity index (χ3n) is 3.30. The molecule has 0 bridgehead atoms. The molecule has 0 aliphatic rings. The van der Waals surface area contributed by atoms with Gasteiger partial charge in [0.25, 0.3) is 0 Å². The SMILES string of the molecule is Cc1nnnn1-c1ccc(F)c(NCC(=O)NCc2cccs2)c1. The lowest BCUT2D eigenvalue weighted by molar-refractivity contribution is -0.119. The number of aryl methyl sites for hydroxylation is 1. The zero-order valence-electron chi connectivity index (χ0n) is 12.9. The van der Waals surface area contributed by atoms with Gasteiger partial charge in [0.05, 0.1) is 24.5 Å². The molecule has 0 aliphatic carbocycles. The van der Waals surface area contributed by atoms with Crippen molar-refractivity contribution in [3.05, 3.63) is 52.2 Å². The first kappa shape index (κ1) is 16.1. The Morgan fingerprint density at radius 1 is 1.38 bits per heavy atom. The molecule has 0 radical (unpaired) electrons. The molecule has 1 amide bonds. The van der Waals surface area contributed by atoms with Gasteiger partial charge in [0.2, 0.25) is 5.91 Å². The Kier molecular flexibility index (Phi) is 4.80. The number of nitrogens with zero attached hydrogens (tertiary/aromatic N) is 4. The minimum atomic E-state index is -0.449. The molecule has 2 heterocycles. The predicted molar refractivity (Wildman–Crippen MR) is 88.5 cm³/mol. The summed E-state index contributed by atoms with van der Waals surface area (Å²) in [6, 6.07) is 8.30. The number of nitrogens with one attached hydrogen (secondary N) is 2. The summed E-state index contributed by atoms with van der Waals surface area (Å²) in [4.78, 5) is 12.9. The van der Waals surface area contributed by atoms with Crippen LogP contribution in [0.15, 0.2) is 35.7 Å². The molecule has 2 aromatic heterocycles. The molecule has 124 valence electrons. The number of halogens is 1. The largest absolute Gasteiger partial charge is 0.374 e. The zero-order chi connectivity index (χ0) is 16.9. The Hall–Kier alpha value is -2.81. The number of carbonyl (C=O) groups is 1. The fraction of sp³-hybridized carbons (Fsp3) is 0.200. The molecular weight excluding hydrogens is 331 g/mol.